The Morgan fingerprint density at radius 3 is 2.69 bits per heavy atom. The van der Waals surface area contributed by atoms with Crippen LogP contribution in [0.1, 0.15) is 5.56 Å². The van der Waals surface area contributed by atoms with E-state index in [1.807, 2.05) is 31.2 Å². The van der Waals surface area contributed by atoms with Crippen LogP contribution in [0.2, 0.25) is 0 Å². The van der Waals surface area contributed by atoms with Crippen LogP contribution in [0.3, 0.4) is 0 Å². The highest BCUT2D eigenvalue weighted by Crippen LogP contribution is 2.35. The van der Waals surface area contributed by atoms with Crippen LogP contribution < -0.4 is 4.74 Å². The largest absolute Gasteiger partial charge is 0.507 e. The summed E-state index contributed by atoms with van der Waals surface area (Å²) < 4.78 is 5.63. The van der Waals surface area contributed by atoms with Crippen LogP contribution in [-0.2, 0) is 0 Å². The van der Waals surface area contributed by atoms with Crippen molar-refractivity contribution in [3.63, 3.8) is 0 Å². The van der Waals surface area contributed by atoms with Gasteiger partial charge in [-0.2, -0.15) is 0 Å². The zero-order chi connectivity index (χ0) is 11.5. The summed E-state index contributed by atoms with van der Waals surface area (Å²) in [6, 6.07) is 9.38. The summed E-state index contributed by atoms with van der Waals surface area (Å²) in [5.74, 6) is 1.10. The summed E-state index contributed by atoms with van der Waals surface area (Å²) in [5.41, 5.74) is 0.929. The zero-order valence-corrected chi connectivity index (χ0v) is 9.23. The van der Waals surface area contributed by atoms with Gasteiger partial charge >= 0.3 is 0 Å². The fraction of sp³-hybridized carbons (Fsp3) is 0.143. The molecular weight excluding hydrogens is 200 g/mol. The van der Waals surface area contributed by atoms with Crippen LogP contribution in [0.5, 0.6) is 11.5 Å². The Morgan fingerprint density at radius 2 is 2.00 bits per heavy atom. The van der Waals surface area contributed by atoms with Gasteiger partial charge in [-0.3, -0.25) is 0 Å². The topological polar surface area (TPSA) is 29.5 Å². The number of phenolic OH excluding ortho intramolecular Hbond substituents is 1. The van der Waals surface area contributed by atoms with Crippen molar-refractivity contribution in [2.45, 2.75) is 6.92 Å². The summed E-state index contributed by atoms with van der Waals surface area (Å²) >= 11 is 0. The maximum atomic E-state index is 9.83. The summed E-state index contributed by atoms with van der Waals surface area (Å²) in [6.07, 6.45) is 1.71. The molecule has 0 atom stereocenters. The smallest absolute Gasteiger partial charge is 0.130 e. The van der Waals surface area contributed by atoms with E-state index in [4.69, 9.17) is 4.74 Å². The molecule has 0 spiro atoms. The molecular formula is C14H14O2. The first kappa shape index (κ1) is 10.6. The Labute approximate surface area is 94.8 Å². The number of phenols is 1. The lowest BCUT2D eigenvalue weighted by atomic mass is 10.1. The lowest BCUT2D eigenvalue weighted by Gasteiger charge is -2.12. The third kappa shape index (κ3) is 1.74. The highest BCUT2D eigenvalue weighted by Gasteiger charge is 2.09. The van der Waals surface area contributed by atoms with Crippen molar-refractivity contribution < 1.29 is 9.84 Å². The average molecular weight is 214 g/mol. The van der Waals surface area contributed by atoms with E-state index in [0.717, 1.165) is 22.1 Å². The molecule has 2 nitrogen and oxygen atoms in total. The van der Waals surface area contributed by atoms with Crippen LogP contribution in [-0.4, -0.2) is 11.7 Å². The predicted octanol–water partition coefficient (Wildman–Crippen LogP) is 3.42. The Hall–Kier alpha value is -1.96. The first-order chi connectivity index (χ1) is 7.74. The van der Waals surface area contributed by atoms with Crippen molar-refractivity contribution in [1.82, 2.24) is 0 Å². The third-order valence-corrected chi connectivity index (χ3v) is 2.50. The lowest BCUT2D eigenvalue weighted by molar-refractivity contribution is 0.364. The number of fused-ring (bicyclic) bond motifs is 1. The van der Waals surface area contributed by atoms with Gasteiger partial charge in [0, 0.05) is 10.8 Å². The van der Waals surface area contributed by atoms with Crippen molar-refractivity contribution in [2.75, 3.05) is 6.61 Å². The van der Waals surface area contributed by atoms with Gasteiger partial charge in [-0.15, -0.1) is 0 Å². The first-order valence-corrected chi connectivity index (χ1v) is 5.19. The predicted molar refractivity (Wildman–Crippen MR) is 66.0 cm³/mol. The molecule has 0 aliphatic rings. The van der Waals surface area contributed by atoms with E-state index in [-0.39, 0.29) is 0 Å². The summed E-state index contributed by atoms with van der Waals surface area (Å²) in [7, 11) is 0. The minimum Gasteiger partial charge on any atom is -0.507 e. The molecule has 2 heteroatoms. The van der Waals surface area contributed by atoms with Crippen LogP contribution >= 0.6 is 0 Å². The number of aromatic hydroxyl groups is 1. The van der Waals surface area contributed by atoms with Crippen LogP contribution in [0.15, 0.2) is 43.0 Å². The quantitative estimate of drug-likeness (QED) is 0.793. The Bertz CT molecular complexity index is 529. The number of aryl methyl sites for hydroxylation is 1. The molecule has 0 radical (unpaired) electrons. The van der Waals surface area contributed by atoms with E-state index in [1.165, 1.54) is 0 Å². The molecule has 2 rings (SSSR count). The molecule has 0 saturated carbocycles. The van der Waals surface area contributed by atoms with Crippen molar-refractivity contribution >= 4 is 10.8 Å². The molecule has 16 heavy (non-hydrogen) atoms. The van der Waals surface area contributed by atoms with Crippen LogP contribution in [0.4, 0.5) is 0 Å². The Balaban J connectivity index is 2.66. The summed E-state index contributed by atoms with van der Waals surface area (Å²) in [5, 5.41) is 11.6. The summed E-state index contributed by atoms with van der Waals surface area (Å²) in [4.78, 5) is 0. The number of ether oxygens (including phenoxy) is 1. The molecule has 2 aromatic rings. The van der Waals surface area contributed by atoms with Crippen LogP contribution in [0, 0.1) is 6.92 Å². The number of benzene rings is 2. The second-order valence-electron chi connectivity index (χ2n) is 3.69. The van der Waals surface area contributed by atoms with Crippen molar-refractivity contribution in [2.24, 2.45) is 0 Å². The number of hydrogen-bond acceptors (Lipinski definition) is 2. The van der Waals surface area contributed by atoms with E-state index >= 15 is 0 Å². The first-order valence-electron chi connectivity index (χ1n) is 5.19. The van der Waals surface area contributed by atoms with Gasteiger partial charge in [-0.05, 0) is 18.6 Å². The van der Waals surface area contributed by atoms with Gasteiger partial charge in [0.15, 0.2) is 0 Å². The minimum atomic E-state index is 0.291. The third-order valence-electron chi connectivity index (χ3n) is 2.50. The SMILES string of the molecule is C=CCOc1c(C)cc(O)c2ccccc12. The normalized spacial score (nSPS) is 10.3. The van der Waals surface area contributed by atoms with Crippen molar-refractivity contribution in [3.8, 4) is 11.5 Å². The van der Waals surface area contributed by atoms with E-state index in [0.29, 0.717) is 12.4 Å². The second-order valence-corrected chi connectivity index (χ2v) is 3.69. The average Bonchev–Trinajstić information content (AvgIpc) is 2.29. The van der Waals surface area contributed by atoms with E-state index in [9.17, 15) is 5.11 Å². The fourth-order valence-electron chi connectivity index (χ4n) is 1.80. The van der Waals surface area contributed by atoms with Crippen LogP contribution in [0.25, 0.3) is 10.8 Å². The Kier molecular flexibility index (Phi) is 2.82. The van der Waals surface area contributed by atoms with Gasteiger partial charge in [-0.25, -0.2) is 0 Å². The molecule has 0 saturated heterocycles. The van der Waals surface area contributed by atoms with E-state index in [2.05, 4.69) is 6.58 Å². The molecule has 2 aromatic carbocycles. The second kappa shape index (κ2) is 4.27. The monoisotopic (exact) mass is 214 g/mol. The molecule has 0 amide bonds. The Morgan fingerprint density at radius 1 is 1.31 bits per heavy atom. The number of hydrogen-bond donors (Lipinski definition) is 1. The molecule has 0 aromatic heterocycles. The van der Waals surface area contributed by atoms with Gasteiger partial charge in [0.05, 0.1) is 0 Å². The maximum absolute atomic E-state index is 9.83. The van der Waals surface area contributed by atoms with Gasteiger partial charge in [0.2, 0.25) is 0 Å². The van der Waals surface area contributed by atoms with Gasteiger partial charge in [0.1, 0.15) is 18.1 Å². The highest BCUT2D eigenvalue weighted by atomic mass is 16.5. The van der Waals surface area contributed by atoms with Crippen molar-refractivity contribution in [3.05, 3.63) is 48.6 Å². The van der Waals surface area contributed by atoms with Crippen molar-refractivity contribution in [1.29, 1.82) is 0 Å². The molecule has 0 aliphatic carbocycles. The zero-order valence-electron chi connectivity index (χ0n) is 9.23. The lowest BCUT2D eigenvalue weighted by Crippen LogP contribution is -1.96. The molecule has 1 N–H and O–H groups in total. The highest BCUT2D eigenvalue weighted by molar-refractivity contribution is 5.94. The molecule has 0 aliphatic heterocycles. The van der Waals surface area contributed by atoms with E-state index in [1.54, 1.807) is 12.1 Å². The fourth-order valence-corrected chi connectivity index (χ4v) is 1.80. The number of rotatable bonds is 3. The van der Waals surface area contributed by atoms with Gasteiger partial charge < -0.3 is 9.84 Å². The van der Waals surface area contributed by atoms with Gasteiger partial charge in [-0.1, -0.05) is 36.9 Å². The minimum absolute atomic E-state index is 0.291. The molecule has 82 valence electrons. The van der Waals surface area contributed by atoms with Gasteiger partial charge in [0.25, 0.3) is 0 Å². The molecule has 0 unspecified atom stereocenters. The molecule has 0 bridgehead atoms. The maximum Gasteiger partial charge on any atom is 0.130 e. The molecule has 0 heterocycles. The molecule has 0 fully saturated rings. The standard InChI is InChI=1S/C14H14O2/c1-3-8-16-14-10(2)9-13(15)11-6-4-5-7-12(11)14/h3-7,9,15H,1,8H2,2H3. The summed E-state index contributed by atoms with van der Waals surface area (Å²) in [6.45, 7) is 6.02. The van der Waals surface area contributed by atoms with E-state index < -0.39 is 0 Å².